The number of fused-ring (bicyclic) bond motifs is 1. The Morgan fingerprint density at radius 2 is 2.17 bits per heavy atom. The fourth-order valence-corrected chi connectivity index (χ4v) is 3.86. The van der Waals surface area contributed by atoms with Crippen molar-refractivity contribution in [2.45, 2.75) is 24.9 Å². The number of H-pyrrole nitrogens is 2. The Balaban J connectivity index is 2.26. The van der Waals surface area contributed by atoms with Gasteiger partial charge in [0.1, 0.15) is 0 Å². The van der Waals surface area contributed by atoms with E-state index in [1.807, 2.05) is 24.3 Å². The molecule has 0 saturated heterocycles. The van der Waals surface area contributed by atoms with Crippen molar-refractivity contribution < 1.29 is 14.6 Å². The standard InChI is InChI=1S/C16H17BrN2O4/c1-16(22)7-10-12(14(20)19-18-10)11(13(16)15(21)23-2)8-4-3-5-9(17)6-8/h3-6,11,13,22H,7H2,1-2H3,(H2,18,19,20)/t11-,13-,16-/m1/s1. The summed E-state index contributed by atoms with van der Waals surface area (Å²) in [5, 5.41) is 16.2. The highest BCUT2D eigenvalue weighted by atomic mass is 79.9. The number of aromatic nitrogens is 2. The molecule has 3 rings (SSSR count). The maximum Gasteiger partial charge on any atom is 0.312 e. The van der Waals surface area contributed by atoms with Crippen LogP contribution in [0, 0.1) is 5.92 Å². The van der Waals surface area contributed by atoms with Crippen molar-refractivity contribution in [3.63, 3.8) is 0 Å². The highest BCUT2D eigenvalue weighted by Crippen LogP contribution is 2.44. The smallest absolute Gasteiger partial charge is 0.312 e. The van der Waals surface area contributed by atoms with Crippen LogP contribution >= 0.6 is 15.9 Å². The molecule has 0 saturated carbocycles. The van der Waals surface area contributed by atoms with E-state index in [2.05, 4.69) is 26.1 Å². The molecule has 1 aliphatic rings. The van der Waals surface area contributed by atoms with Crippen LogP contribution in [0.2, 0.25) is 0 Å². The van der Waals surface area contributed by atoms with Crippen LogP contribution in [-0.2, 0) is 16.0 Å². The number of nitrogens with one attached hydrogen (secondary N) is 2. The Labute approximate surface area is 141 Å². The molecule has 0 unspecified atom stereocenters. The first-order valence-corrected chi connectivity index (χ1v) is 7.99. The average molecular weight is 381 g/mol. The summed E-state index contributed by atoms with van der Waals surface area (Å²) in [6.45, 7) is 1.59. The Morgan fingerprint density at radius 3 is 2.83 bits per heavy atom. The topological polar surface area (TPSA) is 95.2 Å². The van der Waals surface area contributed by atoms with Crippen molar-refractivity contribution in [2.24, 2.45) is 5.92 Å². The molecule has 3 atom stereocenters. The van der Waals surface area contributed by atoms with Crippen LogP contribution < -0.4 is 5.56 Å². The van der Waals surface area contributed by atoms with Crippen molar-refractivity contribution in [2.75, 3.05) is 7.11 Å². The summed E-state index contributed by atoms with van der Waals surface area (Å²) in [4.78, 5) is 24.6. The number of methoxy groups -OCH3 is 1. The number of esters is 1. The SMILES string of the molecule is COC(=O)[C@H]1[C@H](c2cccc(Br)c2)c2c([nH][nH]c2=O)C[C@@]1(C)O. The van der Waals surface area contributed by atoms with Crippen molar-refractivity contribution in [3.8, 4) is 0 Å². The zero-order valence-corrected chi connectivity index (χ0v) is 14.3. The third-order valence-electron chi connectivity index (χ3n) is 4.41. The Bertz CT molecular complexity index is 808. The number of benzene rings is 1. The Morgan fingerprint density at radius 1 is 1.43 bits per heavy atom. The summed E-state index contributed by atoms with van der Waals surface area (Å²) in [5.74, 6) is -1.99. The van der Waals surface area contributed by atoms with Gasteiger partial charge in [-0.15, -0.1) is 0 Å². The van der Waals surface area contributed by atoms with Gasteiger partial charge < -0.3 is 14.9 Å². The Hall–Kier alpha value is -1.86. The molecule has 0 amide bonds. The molecular weight excluding hydrogens is 364 g/mol. The molecule has 1 aliphatic carbocycles. The van der Waals surface area contributed by atoms with Crippen LogP contribution in [0.25, 0.3) is 0 Å². The third-order valence-corrected chi connectivity index (χ3v) is 4.90. The van der Waals surface area contributed by atoms with Crippen LogP contribution in [0.15, 0.2) is 33.5 Å². The molecule has 0 spiro atoms. The van der Waals surface area contributed by atoms with Crippen LogP contribution in [-0.4, -0.2) is 34.0 Å². The molecule has 1 aromatic carbocycles. The van der Waals surface area contributed by atoms with Gasteiger partial charge in [-0.05, 0) is 24.6 Å². The first-order chi connectivity index (χ1) is 10.8. The molecule has 3 N–H and O–H groups in total. The van der Waals surface area contributed by atoms with E-state index in [1.54, 1.807) is 6.92 Å². The number of ether oxygens (including phenoxy) is 1. The molecule has 1 heterocycles. The highest BCUT2D eigenvalue weighted by Gasteiger charge is 2.51. The second-order valence-electron chi connectivity index (χ2n) is 6.04. The second-order valence-corrected chi connectivity index (χ2v) is 6.95. The summed E-state index contributed by atoms with van der Waals surface area (Å²) in [6.07, 6.45) is 0.172. The predicted octanol–water partition coefficient (Wildman–Crippen LogP) is 1.69. The number of aromatic amines is 2. The van der Waals surface area contributed by atoms with E-state index in [1.165, 1.54) is 7.11 Å². The molecule has 0 bridgehead atoms. The number of carbonyl (C=O) groups excluding carboxylic acids is 1. The van der Waals surface area contributed by atoms with E-state index in [4.69, 9.17) is 4.74 Å². The second kappa shape index (κ2) is 5.65. The van der Waals surface area contributed by atoms with Gasteiger partial charge in [-0.3, -0.25) is 14.7 Å². The zero-order valence-electron chi connectivity index (χ0n) is 12.7. The van der Waals surface area contributed by atoms with Gasteiger partial charge in [0.05, 0.1) is 18.6 Å². The zero-order chi connectivity index (χ0) is 16.8. The van der Waals surface area contributed by atoms with E-state index in [0.29, 0.717) is 11.3 Å². The number of hydrogen-bond donors (Lipinski definition) is 3. The molecule has 0 aliphatic heterocycles. The molecule has 122 valence electrons. The van der Waals surface area contributed by atoms with Crippen LogP contribution in [0.3, 0.4) is 0 Å². The van der Waals surface area contributed by atoms with Gasteiger partial charge in [-0.2, -0.15) is 0 Å². The molecule has 0 radical (unpaired) electrons. The van der Waals surface area contributed by atoms with Gasteiger partial charge >= 0.3 is 5.97 Å². The number of rotatable bonds is 2. The fraction of sp³-hybridized carbons (Fsp3) is 0.375. The van der Waals surface area contributed by atoms with E-state index >= 15 is 0 Å². The monoisotopic (exact) mass is 380 g/mol. The summed E-state index contributed by atoms with van der Waals surface area (Å²) in [7, 11) is 1.28. The highest BCUT2D eigenvalue weighted by molar-refractivity contribution is 9.10. The minimum absolute atomic E-state index is 0.172. The van der Waals surface area contributed by atoms with Gasteiger partial charge in [0.15, 0.2) is 0 Å². The minimum Gasteiger partial charge on any atom is -0.469 e. The number of hydrogen-bond acceptors (Lipinski definition) is 4. The molecule has 1 aromatic heterocycles. The van der Waals surface area contributed by atoms with Gasteiger partial charge in [0.2, 0.25) is 0 Å². The number of halogens is 1. The molecular formula is C16H17BrN2O4. The molecule has 23 heavy (non-hydrogen) atoms. The molecule has 2 aromatic rings. The van der Waals surface area contributed by atoms with Crippen LogP contribution in [0.4, 0.5) is 0 Å². The summed E-state index contributed by atoms with van der Waals surface area (Å²) in [5.41, 5.74) is 0.240. The lowest BCUT2D eigenvalue weighted by atomic mass is 9.66. The van der Waals surface area contributed by atoms with Gasteiger partial charge in [-0.1, -0.05) is 28.1 Å². The first-order valence-electron chi connectivity index (χ1n) is 7.20. The van der Waals surface area contributed by atoms with Gasteiger partial charge in [-0.25, -0.2) is 0 Å². The summed E-state index contributed by atoms with van der Waals surface area (Å²) >= 11 is 3.41. The first kappa shape index (κ1) is 16.0. The summed E-state index contributed by atoms with van der Waals surface area (Å²) in [6, 6.07) is 7.37. The summed E-state index contributed by atoms with van der Waals surface area (Å²) < 4.78 is 5.74. The predicted molar refractivity (Wildman–Crippen MR) is 87.2 cm³/mol. The van der Waals surface area contributed by atoms with Crippen molar-refractivity contribution in [1.82, 2.24) is 10.2 Å². The normalized spacial score (nSPS) is 26.6. The fourth-order valence-electron chi connectivity index (χ4n) is 3.44. The molecule has 0 fully saturated rings. The lowest BCUT2D eigenvalue weighted by molar-refractivity contribution is -0.156. The van der Waals surface area contributed by atoms with E-state index in [-0.39, 0.29) is 12.0 Å². The number of carbonyl (C=O) groups is 1. The van der Waals surface area contributed by atoms with Crippen molar-refractivity contribution in [3.05, 3.63) is 55.9 Å². The van der Waals surface area contributed by atoms with Gasteiger partial charge in [0, 0.05) is 28.1 Å². The van der Waals surface area contributed by atoms with Crippen LogP contribution in [0.5, 0.6) is 0 Å². The quantitative estimate of drug-likeness (QED) is 0.690. The van der Waals surface area contributed by atoms with Crippen molar-refractivity contribution in [1.29, 1.82) is 0 Å². The lowest BCUT2D eigenvalue weighted by Gasteiger charge is -2.40. The average Bonchev–Trinajstić information content (AvgIpc) is 2.84. The van der Waals surface area contributed by atoms with Gasteiger partial charge in [0.25, 0.3) is 5.56 Å². The van der Waals surface area contributed by atoms with Crippen LogP contribution in [0.1, 0.15) is 29.7 Å². The molecule has 7 heteroatoms. The van der Waals surface area contributed by atoms with Crippen molar-refractivity contribution >= 4 is 21.9 Å². The molecule has 6 nitrogen and oxygen atoms in total. The largest absolute Gasteiger partial charge is 0.469 e. The van der Waals surface area contributed by atoms with E-state index in [0.717, 1.165) is 10.0 Å². The maximum atomic E-state index is 12.4. The minimum atomic E-state index is -1.34. The maximum absolute atomic E-state index is 12.4. The third kappa shape index (κ3) is 2.64. The van der Waals surface area contributed by atoms with E-state index < -0.39 is 23.4 Å². The Kier molecular flexibility index (Phi) is 3.93. The number of aliphatic hydroxyl groups is 1. The van der Waals surface area contributed by atoms with E-state index in [9.17, 15) is 14.7 Å². The lowest BCUT2D eigenvalue weighted by Crippen LogP contribution is -2.49.